The molecule has 0 spiro atoms. The van der Waals surface area contributed by atoms with E-state index in [9.17, 15) is 4.79 Å². The number of rotatable bonds is 6. The Labute approximate surface area is 177 Å². The minimum atomic E-state index is -0.109. The van der Waals surface area contributed by atoms with Gasteiger partial charge in [0.15, 0.2) is 5.82 Å². The van der Waals surface area contributed by atoms with Crippen LogP contribution in [0.3, 0.4) is 0 Å². The molecule has 0 saturated carbocycles. The second-order valence-electron chi connectivity index (χ2n) is 6.23. The normalized spacial score (nSPS) is 11.1. The number of methoxy groups -OCH3 is 2. The van der Waals surface area contributed by atoms with Gasteiger partial charge in [-0.15, -0.1) is 11.3 Å². The van der Waals surface area contributed by atoms with Gasteiger partial charge < -0.3 is 14.4 Å². The van der Waals surface area contributed by atoms with Gasteiger partial charge >= 0.3 is 0 Å². The molecular weight excluding hydrogens is 421 g/mol. The first-order chi connectivity index (χ1) is 13.3. The topological polar surface area (TPSA) is 64.6 Å². The van der Waals surface area contributed by atoms with Gasteiger partial charge in [0.2, 0.25) is 5.88 Å². The molecule has 2 aromatic heterocycles. The van der Waals surface area contributed by atoms with Crippen molar-refractivity contribution in [2.45, 2.75) is 20.1 Å². The standard InChI is InChI=1S/C19H19Cl2N3O3S/c1-10-15-17(27-4)22-14(9-26-3)23-18(15)28-16(10)19(25)24(2)8-11-5-6-12(20)13(21)7-11/h5-7H,8-9H2,1-4H3. The molecule has 0 fully saturated rings. The summed E-state index contributed by atoms with van der Waals surface area (Å²) in [6.07, 6.45) is 0. The summed E-state index contributed by atoms with van der Waals surface area (Å²) in [6.45, 7) is 2.55. The molecule has 0 aliphatic carbocycles. The highest BCUT2D eigenvalue weighted by molar-refractivity contribution is 7.20. The Morgan fingerprint density at radius 2 is 1.96 bits per heavy atom. The van der Waals surface area contributed by atoms with Crippen LogP contribution in [0.4, 0.5) is 0 Å². The first-order valence-corrected chi connectivity index (χ1v) is 9.95. The van der Waals surface area contributed by atoms with E-state index in [4.69, 9.17) is 32.7 Å². The van der Waals surface area contributed by atoms with Gasteiger partial charge in [0.1, 0.15) is 11.4 Å². The van der Waals surface area contributed by atoms with Crippen LogP contribution in [-0.2, 0) is 17.9 Å². The molecule has 0 saturated heterocycles. The molecule has 0 aliphatic rings. The number of nitrogens with zero attached hydrogens (tertiary/aromatic N) is 3. The Morgan fingerprint density at radius 1 is 1.21 bits per heavy atom. The molecule has 0 unspecified atom stereocenters. The molecular formula is C19H19Cl2N3O3S. The van der Waals surface area contributed by atoms with Crippen LogP contribution in [0.15, 0.2) is 18.2 Å². The molecule has 1 amide bonds. The maximum absolute atomic E-state index is 13.1. The number of carbonyl (C=O) groups is 1. The maximum atomic E-state index is 13.1. The third-order valence-corrected chi connectivity index (χ3v) is 6.13. The average Bonchev–Trinajstić information content (AvgIpc) is 3.00. The second kappa shape index (κ2) is 8.61. The van der Waals surface area contributed by atoms with Crippen LogP contribution >= 0.6 is 34.5 Å². The lowest BCUT2D eigenvalue weighted by molar-refractivity contribution is 0.0789. The van der Waals surface area contributed by atoms with Crippen LogP contribution in [-0.4, -0.2) is 42.0 Å². The number of fused-ring (bicyclic) bond motifs is 1. The number of thiophene rings is 1. The van der Waals surface area contributed by atoms with E-state index >= 15 is 0 Å². The van der Waals surface area contributed by atoms with Crippen molar-refractivity contribution >= 4 is 50.7 Å². The van der Waals surface area contributed by atoms with Crippen LogP contribution in [0.25, 0.3) is 10.2 Å². The molecule has 0 radical (unpaired) electrons. The van der Waals surface area contributed by atoms with E-state index in [0.29, 0.717) is 38.0 Å². The highest BCUT2D eigenvalue weighted by atomic mass is 35.5. The van der Waals surface area contributed by atoms with E-state index in [0.717, 1.165) is 16.5 Å². The smallest absolute Gasteiger partial charge is 0.264 e. The van der Waals surface area contributed by atoms with Crippen molar-refractivity contribution in [3.8, 4) is 5.88 Å². The second-order valence-corrected chi connectivity index (χ2v) is 8.04. The molecule has 9 heteroatoms. The molecule has 2 heterocycles. The predicted octanol–water partition coefficient (Wildman–Crippen LogP) is 4.73. The van der Waals surface area contributed by atoms with E-state index in [2.05, 4.69) is 9.97 Å². The zero-order valence-corrected chi connectivity index (χ0v) is 18.2. The summed E-state index contributed by atoms with van der Waals surface area (Å²) < 4.78 is 10.5. The summed E-state index contributed by atoms with van der Waals surface area (Å²) >= 11 is 13.4. The number of ether oxygens (including phenoxy) is 2. The Bertz CT molecular complexity index is 1040. The number of aromatic nitrogens is 2. The van der Waals surface area contributed by atoms with Crippen molar-refractivity contribution in [2.24, 2.45) is 0 Å². The summed E-state index contributed by atoms with van der Waals surface area (Å²) in [5.74, 6) is 0.843. The number of hydrogen-bond acceptors (Lipinski definition) is 6. The number of halogens is 2. The van der Waals surface area contributed by atoms with Gasteiger partial charge in [0.05, 0.1) is 27.4 Å². The molecule has 3 aromatic rings. The van der Waals surface area contributed by atoms with Crippen LogP contribution in [0.2, 0.25) is 10.0 Å². The predicted molar refractivity (Wildman–Crippen MR) is 112 cm³/mol. The van der Waals surface area contributed by atoms with Crippen molar-refractivity contribution in [2.75, 3.05) is 21.3 Å². The number of benzene rings is 1. The van der Waals surface area contributed by atoms with Crippen molar-refractivity contribution in [3.05, 3.63) is 50.1 Å². The Kier molecular flexibility index (Phi) is 6.40. The molecule has 28 heavy (non-hydrogen) atoms. The summed E-state index contributed by atoms with van der Waals surface area (Å²) in [5, 5.41) is 1.69. The van der Waals surface area contributed by atoms with E-state index in [1.54, 1.807) is 38.3 Å². The van der Waals surface area contributed by atoms with Gasteiger partial charge in [0.25, 0.3) is 5.91 Å². The van der Waals surface area contributed by atoms with E-state index < -0.39 is 0 Å². The Hall–Kier alpha value is -1.93. The van der Waals surface area contributed by atoms with Crippen molar-refractivity contribution in [3.63, 3.8) is 0 Å². The van der Waals surface area contributed by atoms with Crippen LogP contribution in [0.1, 0.15) is 26.6 Å². The lowest BCUT2D eigenvalue weighted by Gasteiger charge is -2.17. The monoisotopic (exact) mass is 439 g/mol. The van der Waals surface area contributed by atoms with Crippen molar-refractivity contribution < 1.29 is 14.3 Å². The van der Waals surface area contributed by atoms with Gasteiger partial charge in [-0.1, -0.05) is 29.3 Å². The Balaban J connectivity index is 1.94. The van der Waals surface area contributed by atoms with Gasteiger partial charge in [-0.3, -0.25) is 4.79 Å². The van der Waals surface area contributed by atoms with Crippen molar-refractivity contribution in [1.29, 1.82) is 0 Å². The average molecular weight is 440 g/mol. The molecule has 0 aliphatic heterocycles. The summed E-state index contributed by atoms with van der Waals surface area (Å²) in [5.41, 5.74) is 1.69. The quantitative estimate of drug-likeness (QED) is 0.555. The molecule has 0 bridgehead atoms. The zero-order chi connectivity index (χ0) is 20.4. The van der Waals surface area contributed by atoms with Crippen LogP contribution in [0, 0.1) is 6.92 Å². The van der Waals surface area contributed by atoms with Crippen LogP contribution in [0.5, 0.6) is 5.88 Å². The minimum absolute atomic E-state index is 0.109. The molecule has 148 valence electrons. The fourth-order valence-corrected chi connectivity index (χ4v) is 4.35. The molecule has 6 nitrogen and oxygen atoms in total. The van der Waals surface area contributed by atoms with E-state index in [-0.39, 0.29) is 12.5 Å². The maximum Gasteiger partial charge on any atom is 0.264 e. The van der Waals surface area contributed by atoms with Gasteiger partial charge in [-0.25, -0.2) is 4.98 Å². The summed E-state index contributed by atoms with van der Waals surface area (Å²) in [6, 6.07) is 5.33. The fraction of sp³-hybridized carbons (Fsp3) is 0.316. The number of amides is 1. The van der Waals surface area contributed by atoms with Gasteiger partial charge in [-0.2, -0.15) is 4.98 Å². The third-order valence-electron chi connectivity index (χ3n) is 4.21. The first-order valence-electron chi connectivity index (χ1n) is 8.38. The van der Waals surface area contributed by atoms with E-state index in [1.807, 2.05) is 13.0 Å². The molecule has 0 N–H and O–H groups in total. The highest BCUT2D eigenvalue weighted by Gasteiger charge is 2.23. The lowest BCUT2D eigenvalue weighted by atomic mass is 10.1. The summed E-state index contributed by atoms with van der Waals surface area (Å²) in [7, 11) is 4.87. The number of aryl methyl sites for hydroxylation is 1. The Morgan fingerprint density at radius 3 is 2.61 bits per heavy atom. The van der Waals surface area contributed by atoms with Crippen LogP contribution < -0.4 is 4.74 Å². The lowest BCUT2D eigenvalue weighted by Crippen LogP contribution is -2.26. The first kappa shape index (κ1) is 20.8. The molecule has 3 rings (SSSR count). The number of carbonyl (C=O) groups excluding carboxylic acids is 1. The zero-order valence-electron chi connectivity index (χ0n) is 15.9. The van der Waals surface area contributed by atoms with E-state index in [1.165, 1.54) is 11.3 Å². The number of hydrogen-bond donors (Lipinski definition) is 0. The largest absolute Gasteiger partial charge is 0.480 e. The van der Waals surface area contributed by atoms with Gasteiger partial charge in [-0.05, 0) is 30.2 Å². The van der Waals surface area contributed by atoms with Gasteiger partial charge in [0, 0.05) is 20.7 Å². The molecule has 0 atom stereocenters. The third kappa shape index (κ3) is 4.07. The highest BCUT2D eigenvalue weighted by Crippen LogP contribution is 2.35. The summed E-state index contributed by atoms with van der Waals surface area (Å²) in [4.78, 5) is 24.9. The molecule has 1 aromatic carbocycles. The van der Waals surface area contributed by atoms with Crippen molar-refractivity contribution in [1.82, 2.24) is 14.9 Å². The SMILES string of the molecule is COCc1nc(OC)c2c(C)c(C(=O)N(C)Cc3ccc(Cl)c(Cl)c3)sc2n1. The fourth-order valence-electron chi connectivity index (χ4n) is 2.85. The minimum Gasteiger partial charge on any atom is -0.480 e.